The van der Waals surface area contributed by atoms with Gasteiger partial charge < -0.3 is 10.5 Å². The van der Waals surface area contributed by atoms with Crippen LogP contribution in [0.25, 0.3) is 0 Å². The van der Waals surface area contributed by atoms with Crippen molar-refractivity contribution in [2.24, 2.45) is 11.7 Å². The molecule has 5 nitrogen and oxygen atoms in total. The van der Waals surface area contributed by atoms with Gasteiger partial charge in [-0.1, -0.05) is 30.3 Å². The van der Waals surface area contributed by atoms with Crippen LogP contribution in [-0.4, -0.2) is 35.3 Å². The third-order valence-electron chi connectivity index (χ3n) is 2.60. The van der Waals surface area contributed by atoms with Gasteiger partial charge in [0.15, 0.2) is 5.16 Å². The van der Waals surface area contributed by atoms with Crippen molar-refractivity contribution in [3.8, 4) is 0 Å². The van der Waals surface area contributed by atoms with E-state index >= 15 is 0 Å². The Kier molecular flexibility index (Phi) is 7.12. The summed E-state index contributed by atoms with van der Waals surface area (Å²) in [7, 11) is 0. The highest BCUT2D eigenvalue weighted by Crippen LogP contribution is 2.17. The highest BCUT2D eigenvalue weighted by atomic mass is 35.5. The van der Waals surface area contributed by atoms with Gasteiger partial charge in [0.2, 0.25) is 0 Å². The Morgan fingerprint density at radius 1 is 1.63 bits per heavy atom. The molecule has 1 unspecified atom stereocenters. The van der Waals surface area contributed by atoms with E-state index in [2.05, 4.69) is 16.9 Å². The highest BCUT2D eigenvalue weighted by molar-refractivity contribution is 7.98. The molecule has 1 rings (SSSR count). The third-order valence-corrected chi connectivity index (χ3v) is 3.45. The second-order valence-electron chi connectivity index (χ2n) is 4.18. The van der Waals surface area contributed by atoms with Crippen molar-refractivity contribution < 1.29 is 9.53 Å². The summed E-state index contributed by atoms with van der Waals surface area (Å²) in [4.78, 5) is 19.7. The third kappa shape index (κ3) is 5.34. The number of esters is 1. The summed E-state index contributed by atoms with van der Waals surface area (Å²) in [5.74, 6) is -0.0514. The number of carbonyl (C=O) groups excluding carboxylic acids is 1. The van der Waals surface area contributed by atoms with Crippen LogP contribution in [0, 0.1) is 5.92 Å². The van der Waals surface area contributed by atoms with Crippen LogP contribution in [0.2, 0.25) is 5.15 Å². The summed E-state index contributed by atoms with van der Waals surface area (Å²) in [6.07, 6.45) is 4.94. The van der Waals surface area contributed by atoms with Crippen molar-refractivity contribution in [1.29, 1.82) is 0 Å². The fourth-order valence-corrected chi connectivity index (χ4v) is 1.97. The molecule has 1 aromatic heterocycles. The molecule has 0 aliphatic carbocycles. The van der Waals surface area contributed by atoms with Crippen LogP contribution in [0.5, 0.6) is 0 Å². The van der Waals surface area contributed by atoms with Crippen molar-refractivity contribution in [2.45, 2.75) is 24.9 Å². The van der Waals surface area contributed by atoms with E-state index in [-0.39, 0.29) is 10.7 Å². The number of nitrogens with zero attached hydrogens (tertiary/aromatic N) is 2. The van der Waals surface area contributed by atoms with Gasteiger partial charge in [-0.3, -0.25) is 0 Å². The Morgan fingerprint density at radius 3 is 2.95 bits per heavy atom. The molecule has 1 aromatic rings. The number of aromatic nitrogens is 2. The van der Waals surface area contributed by atoms with Gasteiger partial charge in [0.05, 0.1) is 6.61 Å². The zero-order chi connectivity index (χ0) is 14.3. The second kappa shape index (κ2) is 8.35. The number of rotatable bonds is 7. The van der Waals surface area contributed by atoms with Gasteiger partial charge in [0.1, 0.15) is 10.7 Å². The average Bonchev–Trinajstić information content (AvgIpc) is 2.42. The maximum Gasteiger partial charge on any atom is 0.342 e. The zero-order valence-electron chi connectivity index (χ0n) is 11.1. The quantitative estimate of drug-likeness (QED) is 0.274. The second-order valence-corrected chi connectivity index (χ2v) is 5.31. The lowest BCUT2D eigenvalue weighted by molar-refractivity contribution is 0.0493. The first kappa shape index (κ1) is 16.2. The molecule has 0 saturated carbocycles. The molecule has 0 amide bonds. The highest BCUT2D eigenvalue weighted by Gasteiger charge is 2.14. The first-order valence-electron chi connectivity index (χ1n) is 6.02. The number of nitrogens with two attached hydrogens (primary N) is 1. The van der Waals surface area contributed by atoms with Crippen LogP contribution in [0.15, 0.2) is 11.4 Å². The number of ether oxygens (including phenoxy) is 1. The molecule has 1 atom stereocenters. The molecule has 0 aromatic carbocycles. The fraction of sp³-hybridized carbons (Fsp3) is 0.583. The van der Waals surface area contributed by atoms with Gasteiger partial charge in [0.25, 0.3) is 0 Å². The molecule has 0 fully saturated rings. The maximum absolute atomic E-state index is 11.8. The summed E-state index contributed by atoms with van der Waals surface area (Å²) >= 11 is 7.27. The van der Waals surface area contributed by atoms with E-state index in [9.17, 15) is 4.79 Å². The fourth-order valence-electron chi connectivity index (χ4n) is 1.37. The lowest BCUT2D eigenvalue weighted by Gasteiger charge is -2.09. The molecule has 0 aliphatic rings. The molecule has 0 saturated heterocycles. The Bertz CT molecular complexity index is 431. The SMILES string of the molecule is CSc1ncc(C(=O)OCCCC(C)CN)c(Cl)n1. The number of thioether (sulfide) groups is 1. The molecule has 0 radical (unpaired) electrons. The van der Waals surface area contributed by atoms with Gasteiger partial charge >= 0.3 is 5.97 Å². The van der Waals surface area contributed by atoms with E-state index in [1.807, 2.05) is 6.26 Å². The van der Waals surface area contributed by atoms with Gasteiger partial charge in [-0.25, -0.2) is 14.8 Å². The monoisotopic (exact) mass is 303 g/mol. The van der Waals surface area contributed by atoms with E-state index in [1.54, 1.807) is 0 Å². The van der Waals surface area contributed by atoms with E-state index in [4.69, 9.17) is 22.1 Å². The Morgan fingerprint density at radius 2 is 2.37 bits per heavy atom. The largest absolute Gasteiger partial charge is 0.462 e. The Balaban J connectivity index is 2.45. The number of halogens is 1. The summed E-state index contributed by atoms with van der Waals surface area (Å²) in [6, 6.07) is 0. The molecule has 19 heavy (non-hydrogen) atoms. The lowest BCUT2D eigenvalue weighted by atomic mass is 10.1. The van der Waals surface area contributed by atoms with Crippen molar-refractivity contribution in [3.63, 3.8) is 0 Å². The van der Waals surface area contributed by atoms with Gasteiger partial charge in [-0.2, -0.15) is 0 Å². The summed E-state index contributed by atoms with van der Waals surface area (Å²) in [5, 5.41) is 0.651. The van der Waals surface area contributed by atoms with Gasteiger partial charge in [-0.05, 0) is 31.6 Å². The number of hydrogen-bond donors (Lipinski definition) is 1. The molecule has 2 N–H and O–H groups in total. The van der Waals surface area contributed by atoms with Crippen LogP contribution in [0.4, 0.5) is 0 Å². The van der Waals surface area contributed by atoms with E-state index in [0.29, 0.717) is 24.2 Å². The Labute approximate surface area is 122 Å². The van der Waals surface area contributed by atoms with E-state index < -0.39 is 5.97 Å². The first-order valence-corrected chi connectivity index (χ1v) is 7.62. The molecule has 0 bridgehead atoms. The maximum atomic E-state index is 11.8. The topological polar surface area (TPSA) is 78.1 Å². The number of hydrogen-bond acceptors (Lipinski definition) is 6. The van der Waals surface area contributed by atoms with Gasteiger partial charge in [-0.15, -0.1) is 0 Å². The van der Waals surface area contributed by atoms with Crippen molar-refractivity contribution in [1.82, 2.24) is 9.97 Å². The molecule has 106 valence electrons. The minimum Gasteiger partial charge on any atom is -0.462 e. The molecular formula is C12H18ClN3O2S. The molecular weight excluding hydrogens is 286 g/mol. The molecule has 0 spiro atoms. The van der Waals surface area contributed by atoms with Crippen molar-refractivity contribution >= 4 is 29.3 Å². The standard InChI is InChI=1S/C12H18ClN3O2S/c1-8(6-14)4-3-5-18-11(17)9-7-15-12(19-2)16-10(9)13/h7-8H,3-6,14H2,1-2H3. The zero-order valence-corrected chi connectivity index (χ0v) is 12.6. The van der Waals surface area contributed by atoms with Crippen LogP contribution in [0.1, 0.15) is 30.1 Å². The van der Waals surface area contributed by atoms with Crippen LogP contribution in [0.3, 0.4) is 0 Å². The molecule has 1 heterocycles. The Hall–Kier alpha value is -0.850. The predicted octanol–water partition coefficient (Wildman–Crippen LogP) is 2.38. The minimum absolute atomic E-state index is 0.125. The molecule has 7 heteroatoms. The van der Waals surface area contributed by atoms with E-state index in [0.717, 1.165) is 12.8 Å². The predicted molar refractivity (Wildman–Crippen MR) is 76.6 cm³/mol. The van der Waals surface area contributed by atoms with E-state index in [1.165, 1.54) is 18.0 Å². The van der Waals surface area contributed by atoms with Crippen molar-refractivity contribution in [2.75, 3.05) is 19.4 Å². The summed E-state index contributed by atoms with van der Waals surface area (Å²) in [6.45, 7) is 3.06. The van der Waals surface area contributed by atoms with Crippen LogP contribution < -0.4 is 5.73 Å². The minimum atomic E-state index is -0.488. The average molecular weight is 304 g/mol. The van der Waals surface area contributed by atoms with Crippen LogP contribution in [-0.2, 0) is 4.74 Å². The van der Waals surface area contributed by atoms with Gasteiger partial charge in [0, 0.05) is 6.20 Å². The van der Waals surface area contributed by atoms with Crippen molar-refractivity contribution in [3.05, 3.63) is 16.9 Å². The normalized spacial score (nSPS) is 12.2. The first-order chi connectivity index (χ1) is 9.08. The van der Waals surface area contributed by atoms with Crippen LogP contribution >= 0.6 is 23.4 Å². The smallest absolute Gasteiger partial charge is 0.342 e. The lowest BCUT2D eigenvalue weighted by Crippen LogP contribution is -2.13. The molecule has 0 aliphatic heterocycles. The summed E-state index contributed by atoms with van der Waals surface area (Å²) in [5.41, 5.74) is 5.71. The summed E-state index contributed by atoms with van der Waals surface area (Å²) < 4.78 is 5.13. The number of carbonyl (C=O) groups is 1.